The van der Waals surface area contributed by atoms with Crippen molar-refractivity contribution in [3.05, 3.63) is 76.1 Å². The van der Waals surface area contributed by atoms with Crippen LogP contribution in [-0.2, 0) is 14.8 Å². The second kappa shape index (κ2) is 11.5. The molecule has 1 amide bonds. The Morgan fingerprint density at radius 2 is 1.60 bits per heavy atom. The molecule has 0 bridgehead atoms. The van der Waals surface area contributed by atoms with Gasteiger partial charge in [-0.3, -0.25) is 4.79 Å². The van der Waals surface area contributed by atoms with Crippen molar-refractivity contribution in [1.82, 2.24) is 19.2 Å². The number of esters is 1. The lowest BCUT2D eigenvalue weighted by Crippen LogP contribution is -2.55. The summed E-state index contributed by atoms with van der Waals surface area (Å²) in [6, 6.07) is 12.4. The Hall–Kier alpha value is -3.63. The Morgan fingerprint density at radius 1 is 0.975 bits per heavy atom. The van der Waals surface area contributed by atoms with E-state index in [9.17, 15) is 18.0 Å². The number of nitrogens with zero attached hydrogens (tertiary/aromatic N) is 4. The highest BCUT2D eigenvalue weighted by Gasteiger charge is 2.38. The molecule has 40 heavy (non-hydrogen) atoms. The molecule has 1 fully saturated rings. The minimum absolute atomic E-state index is 0.0204. The summed E-state index contributed by atoms with van der Waals surface area (Å²) in [4.78, 5) is 37.9. The largest absolute Gasteiger partial charge is 0.459 e. The molecule has 0 N–H and O–H groups in total. The Bertz CT molecular complexity index is 1530. The number of carbonyl (C=O) groups is 2. The lowest BCUT2D eigenvalue weighted by Gasteiger charge is -2.39. The van der Waals surface area contributed by atoms with E-state index >= 15 is 0 Å². The van der Waals surface area contributed by atoms with E-state index in [2.05, 4.69) is 9.97 Å². The zero-order valence-corrected chi connectivity index (χ0v) is 24.9. The minimum Gasteiger partial charge on any atom is -0.459 e. The average Bonchev–Trinajstić information content (AvgIpc) is 2.86. The molecule has 0 radical (unpaired) electrons. The first-order valence-electron chi connectivity index (χ1n) is 13.3. The number of aryl methyl sites for hydroxylation is 4. The molecule has 212 valence electrons. The fraction of sp³-hybridized carbons (Fsp3) is 0.400. The van der Waals surface area contributed by atoms with E-state index in [0.29, 0.717) is 33.1 Å². The topological polar surface area (TPSA) is 110 Å². The number of benzene rings is 2. The molecule has 1 atom stereocenters. The van der Waals surface area contributed by atoms with Crippen molar-refractivity contribution in [2.75, 3.05) is 19.6 Å². The maximum absolute atomic E-state index is 13.9. The van der Waals surface area contributed by atoms with Crippen LogP contribution in [0.5, 0.6) is 0 Å². The first kappa shape index (κ1) is 29.4. The number of piperazine rings is 1. The number of amides is 1. The van der Waals surface area contributed by atoms with Crippen molar-refractivity contribution in [2.45, 2.75) is 65.5 Å². The maximum Gasteiger partial charge on any atom is 0.342 e. The van der Waals surface area contributed by atoms with Gasteiger partial charge in [0.05, 0.1) is 16.7 Å². The summed E-state index contributed by atoms with van der Waals surface area (Å²) >= 11 is 0. The van der Waals surface area contributed by atoms with Gasteiger partial charge in [-0.2, -0.15) is 4.31 Å². The van der Waals surface area contributed by atoms with Crippen molar-refractivity contribution >= 4 is 21.9 Å². The zero-order valence-electron chi connectivity index (χ0n) is 24.1. The average molecular weight is 565 g/mol. The Morgan fingerprint density at radius 3 is 2.17 bits per heavy atom. The van der Waals surface area contributed by atoms with E-state index in [0.717, 1.165) is 5.56 Å². The Labute approximate surface area is 236 Å². The van der Waals surface area contributed by atoms with Crippen LogP contribution in [0, 0.1) is 27.7 Å². The van der Waals surface area contributed by atoms with E-state index in [1.165, 1.54) is 4.31 Å². The monoisotopic (exact) mass is 564 g/mol. The third-order valence-corrected chi connectivity index (χ3v) is 9.22. The number of sulfonamides is 1. The van der Waals surface area contributed by atoms with Crippen LogP contribution in [0.3, 0.4) is 0 Å². The summed E-state index contributed by atoms with van der Waals surface area (Å²) in [6.45, 7) is 12.8. The number of ether oxygens (including phenoxy) is 1. The van der Waals surface area contributed by atoms with Gasteiger partial charge in [0, 0.05) is 31.2 Å². The van der Waals surface area contributed by atoms with Gasteiger partial charge in [0.2, 0.25) is 10.0 Å². The van der Waals surface area contributed by atoms with E-state index < -0.39 is 34.0 Å². The summed E-state index contributed by atoms with van der Waals surface area (Å²) in [5, 5.41) is 0. The molecule has 9 nitrogen and oxygen atoms in total. The molecule has 0 spiro atoms. The van der Waals surface area contributed by atoms with E-state index in [4.69, 9.17) is 4.74 Å². The smallest absolute Gasteiger partial charge is 0.342 e. The van der Waals surface area contributed by atoms with Gasteiger partial charge < -0.3 is 9.64 Å². The quantitative estimate of drug-likeness (QED) is 0.406. The van der Waals surface area contributed by atoms with Crippen molar-refractivity contribution in [3.8, 4) is 11.4 Å². The van der Waals surface area contributed by atoms with Gasteiger partial charge in [0.25, 0.3) is 5.91 Å². The van der Waals surface area contributed by atoms with Crippen molar-refractivity contribution in [1.29, 1.82) is 0 Å². The number of carbonyl (C=O) groups excluding carboxylic acids is 2. The summed E-state index contributed by atoms with van der Waals surface area (Å²) in [5.74, 6) is -0.817. The fourth-order valence-corrected chi connectivity index (χ4v) is 7.31. The Kier molecular flexibility index (Phi) is 8.41. The van der Waals surface area contributed by atoms with E-state index in [1.54, 1.807) is 46.4 Å². The SMILES string of the molecule is Cc1cc(C)c(S(=O)(=O)N2CCN(C(=O)c3nc(-c4ccccc4)nc(C)c3C(=O)OC(C)C)CC2C)c(C)c1. The molecule has 0 aliphatic carbocycles. The van der Waals surface area contributed by atoms with Crippen molar-refractivity contribution < 1.29 is 22.7 Å². The van der Waals surface area contributed by atoms with Crippen molar-refractivity contribution in [3.63, 3.8) is 0 Å². The molecule has 1 aromatic heterocycles. The lowest BCUT2D eigenvalue weighted by atomic mass is 10.1. The highest BCUT2D eigenvalue weighted by atomic mass is 32.2. The van der Waals surface area contributed by atoms with E-state index in [-0.39, 0.29) is 30.9 Å². The van der Waals surface area contributed by atoms with Gasteiger partial charge in [0.15, 0.2) is 5.82 Å². The number of aromatic nitrogens is 2. The first-order chi connectivity index (χ1) is 18.8. The van der Waals surface area contributed by atoms with Crippen LogP contribution in [0.25, 0.3) is 11.4 Å². The van der Waals surface area contributed by atoms with Gasteiger partial charge in [-0.15, -0.1) is 0 Å². The van der Waals surface area contributed by atoms with Crippen LogP contribution in [0.15, 0.2) is 47.4 Å². The number of hydrogen-bond acceptors (Lipinski definition) is 7. The number of rotatable bonds is 6. The first-order valence-corrected chi connectivity index (χ1v) is 14.8. The summed E-state index contributed by atoms with van der Waals surface area (Å²) in [6.07, 6.45) is -0.397. The Balaban J connectivity index is 1.68. The molecule has 1 aliphatic heterocycles. The zero-order chi connectivity index (χ0) is 29.4. The fourth-order valence-electron chi connectivity index (χ4n) is 5.28. The minimum atomic E-state index is -3.79. The molecular weight excluding hydrogens is 528 g/mol. The second-order valence-electron chi connectivity index (χ2n) is 10.6. The molecule has 4 rings (SSSR count). The van der Waals surface area contributed by atoms with Crippen LogP contribution >= 0.6 is 0 Å². The second-order valence-corrected chi connectivity index (χ2v) is 12.4. The third kappa shape index (κ3) is 5.78. The molecule has 10 heteroatoms. The van der Waals surface area contributed by atoms with Crippen LogP contribution < -0.4 is 0 Å². The third-order valence-electron chi connectivity index (χ3n) is 6.90. The van der Waals surface area contributed by atoms with Gasteiger partial charge in [-0.1, -0.05) is 48.0 Å². The normalized spacial score (nSPS) is 16.3. The van der Waals surface area contributed by atoms with Gasteiger partial charge in [0.1, 0.15) is 11.3 Å². The van der Waals surface area contributed by atoms with Crippen LogP contribution in [0.1, 0.15) is 64.0 Å². The van der Waals surface area contributed by atoms with Crippen LogP contribution in [0.2, 0.25) is 0 Å². The van der Waals surface area contributed by atoms with Gasteiger partial charge >= 0.3 is 5.97 Å². The maximum atomic E-state index is 13.9. The standard InChI is InChI=1S/C30H36N4O5S/c1-18(2)39-30(36)25-23(7)31-28(24-11-9-8-10-12-24)32-26(25)29(35)33-13-14-34(22(6)17-33)40(37,38)27-20(4)15-19(3)16-21(27)5/h8-12,15-16,18,22H,13-14,17H2,1-7H3. The summed E-state index contributed by atoms with van der Waals surface area (Å²) < 4.78 is 34.3. The summed E-state index contributed by atoms with van der Waals surface area (Å²) in [5.41, 5.74) is 3.40. The molecule has 1 unspecified atom stereocenters. The van der Waals surface area contributed by atoms with Crippen LogP contribution in [0.4, 0.5) is 0 Å². The summed E-state index contributed by atoms with van der Waals surface area (Å²) in [7, 11) is -3.79. The molecule has 1 saturated heterocycles. The molecule has 2 aromatic carbocycles. The molecule has 1 aliphatic rings. The molecular formula is C30H36N4O5S. The molecule has 2 heterocycles. The highest BCUT2D eigenvalue weighted by Crippen LogP contribution is 2.29. The van der Waals surface area contributed by atoms with Crippen LogP contribution in [-0.4, -0.2) is 71.2 Å². The van der Waals surface area contributed by atoms with E-state index in [1.807, 2.05) is 49.4 Å². The highest BCUT2D eigenvalue weighted by molar-refractivity contribution is 7.89. The van der Waals surface area contributed by atoms with Gasteiger partial charge in [-0.25, -0.2) is 23.2 Å². The predicted octanol–water partition coefficient (Wildman–Crippen LogP) is 4.48. The number of hydrogen-bond donors (Lipinski definition) is 0. The molecule has 3 aromatic rings. The van der Waals surface area contributed by atoms with Gasteiger partial charge in [-0.05, 0) is 59.6 Å². The predicted molar refractivity (Wildman–Crippen MR) is 153 cm³/mol. The van der Waals surface area contributed by atoms with Crippen molar-refractivity contribution in [2.24, 2.45) is 0 Å². The molecule has 0 saturated carbocycles. The lowest BCUT2D eigenvalue weighted by molar-refractivity contribution is 0.0368.